The normalized spacial score (nSPS) is 16.3. The maximum absolute atomic E-state index is 12.5. The standard InChI is InChI=1S/C18H25ClN2O5/c1-18(2,3)26-17(24)21(11-15(22)10-19)14-6-4-13(5-7-14)20-8-9-25-12-16(20)23/h4-7,15,22H,8-12H2,1-3H3. The van der Waals surface area contributed by atoms with Gasteiger partial charge in [0.2, 0.25) is 0 Å². The number of rotatable bonds is 5. The Bertz CT molecular complexity index is 629. The summed E-state index contributed by atoms with van der Waals surface area (Å²) in [6.45, 7) is 6.36. The van der Waals surface area contributed by atoms with E-state index >= 15 is 0 Å². The van der Waals surface area contributed by atoms with Gasteiger partial charge in [-0.15, -0.1) is 11.6 Å². The van der Waals surface area contributed by atoms with Crippen molar-refractivity contribution in [1.29, 1.82) is 0 Å². The van der Waals surface area contributed by atoms with E-state index in [1.807, 2.05) is 0 Å². The van der Waals surface area contributed by atoms with Crippen LogP contribution in [0.4, 0.5) is 16.2 Å². The zero-order valence-electron chi connectivity index (χ0n) is 15.3. The first kappa shape index (κ1) is 20.5. The quantitative estimate of drug-likeness (QED) is 0.788. The van der Waals surface area contributed by atoms with Crippen LogP contribution >= 0.6 is 11.6 Å². The van der Waals surface area contributed by atoms with Crippen LogP contribution < -0.4 is 9.80 Å². The third-order valence-corrected chi connectivity index (χ3v) is 4.00. The first-order valence-electron chi connectivity index (χ1n) is 8.44. The lowest BCUT2D eigenvalue weighted by Crippen LogP contribution is -2.42. The van der Waals surface area contributed by atoms with E-state index in [9.17, 15) is 14.7 Å². The molecule has 144 valence electrons. The second-order valence-electron chi connectivity index (χ2n) is 7.01. The van der Waals surface area contributed by atoms with Gasteiger partial charge in [0.15, 0.2) is 0 Å². The van der Waals surface area contributed by atoms with Gasteiger partial charge < -0.3 is 19.5 Å². The highest BCUT2D eigenvalue weighted by Gasteiger charge is 2.26. The summed E-state index contributed by atoms with van der Waals surface area (Å²) in [7, 11) is 0. The van der Waals surface area contributed by atoms with Gasteiger partial charge in [-0.05, 0) is 45.0 Å². The Balaban J connectivity index is 2.21. The number of halogens is 1. The van der Waals surface area contributed by atoms with E-state index < -0.39 is 17.8 Å². The number of aliphatic hydroxyl groups excluding tert-OH is 1. The molecule has 0 bridgehead atoms. The Labute approximate surface area is 158 Å². The Morgan fingerprint density at radius 1 is 1.38 bits per heavy atom. The molecule has 2 rings (SSSR count). The number of benzene rings is 1. The number of nitrogens with zero attached hydrogens (tertiary/aromatic N) is 2. The van der Waals surface area contributed by atoms with Crippen LogP contribution in [-0.4, -0.2) is 61.0 Å². The van der Waals surface area contributed by atoms with Gasteiger partial charge in [0, 0.05) is 17.9 Å². The zero-order valence-corrected chi connectivity index (χ0v) is 16.0. The molecule has 8 heteroatoms. The van der Waals surface area contributed by atoms with Crippen LogP contribution in [0.1, 0.15) is 20.8 Å². The fourth-order valence-corrected chi connectivity index (χ4v) is 2.56. The maximum atomic E-state index is 12.5. The summed E-state index contributed by atoms with van der Waals surface area (Å²) in [4.78, 5) is 27.4. The predicted molar refractivity (Wildman–Crippen MR) is 99.9 cm³/mol. The minimum Gasteiger partial charge on any atom is -0.443 e. The molecule has 0 spiro atoms. The van der Waals surface area contributed by atoms with Crippen molar-refractivity contribution in [2.24, 2.45) is 0 Å². The molecule has 1 N–H and O–H groups in total. The minimum absolute atomic E-state index is 0.000336. The number of hydrogen-bond donors (Lipinski definition) is 1. The van der Waals surface area contributed by atoms with E-state index in [0.717, 1.165) is 5.69 Å². The second-order valence-corrected chi connectivity index (χ2v) is 7.32. The summed E-state index contributed by atoms with van der Waals surface area (Å²) in [5.74, 6) is -0.106. The molecule has 0 aliphatic carbocycles. The van der Waals surface area contributed by atoms with Gasteiger partial charge in [-0.3, -0.25) is 9.69 Å². The zero-order chi connectivity index (χ0) is 19.3. The summed E-state index contributed by atoms with van der Waals surface area (Å²) in [5.41, 5.74) is 0.610. The molecule has 1 aliphatic rings. The molecule has 1 unspecified atom stereocenters. The molecule has 1 saturated heterocycles. The van der Waals surface area contributed by atoms with Gasteiger partial charge >= 0.3 is 6.09 Å². The molecular formula is C18H25ClN2O5. The van der Waals surface area contributed by atoms with Crippen LogP contribution in [0.15, 0.2) is 24.3 Å². The monoisotopic (exact) mass is 384 g/mol. The van der Waals surface area contributed by atoms with Crippen LogP contribution in [0, 0.1) is 0 Å². The molecule has 1 atom stereocenters. The van der Waals surface area contributed by atoms with Gasteiger partial charge in [-0.2, -0.15) is 0 Å². The fraction of sp³-hybridized carbons (Fsp3) is 0.556. The smallest absolute Gasteiger partial charge is 0.414 e. The highest BCUT2D eigenvalue weighted by Crippen LogP contribution is 2.24. The topological polar surface area (TPSA) is 79.3 Å². The van der Waals surface area contributed by atoms with Crippen molar-refractivity contribution < 1.29 is 24.2 Å². The molecular weight excluding hydrogens is 360 g/mol. The Kier molecular flexibility index (Phi) is 6.86. The van der Waals surface area contributed by atoms with Gasteiger partial charge in [0.25, 0.3) is 5.91 Å². The van der Waals surface area contributed by atoms with Crippen molar-refractivity contribution in [3.05, 3.63) is 24.3 Å². The summed E-state index contributed by atoms with van der Waals surface area (Å²) >= 11 is 5.68. The molecule has 2 amide bonds. The van der Waals surface area contributed by atoms with E-state index in [0.29, 0.717) is 18.8 Å². The van der Waals surface area contributed by atoms with E-state index in [1.165, 1.54) is 4.90 Å². The number of ether oxygens (including phenoxy) is 2. The summed E-state index contributed by atoms with van der Waals surface area (Å²) in [5, 5.41) is 9.88. The highest BCUT2D eigenvalue weighted by molar-refractivity contribution is 6.18. The largest absolute Gasteiger partial charge is 0.443 e. The van der Waals surface area contributed by atoms with Crippen LogP contribution in [0.25, 0.3) is 0 Å². The van der Waals surface area contributed by atoms with Crippen molar-refractivity contribution >= 4 is 35.0 Å². The predicted octanol–water partition coefficient (Wildman–Crippen LogP) is 2.39. The van der Waals surface area contributed by atoms with Crippen LogP contribution in [0.5, 0.6) is 0 Å². The van der Waals surface area contributed by atoms with Crippen LogP contribution in [0.3, 0.4) is 0 Å². The first-order chi connectivity index (χ1) is 12.2. The molecule has 0 radical (unpaired) electrons. The molecule has 1 aromatic rings. The van der Waals surface area contributed by atoms with Crippen molar-refractivity contribution in [2.75, 3.05) is 42.0 Å². The first-order valence-corrected chi connectivity index (χ1v) is 8.97. The van der Waals surface area contributed by atoms with Crippen molar-refractivity contribution in [3.8, 4) is 0 Å². The van der Waals surface area contributed by atoms with E-state index in [4.69, 9.17) is 21.1 Å². The Hall–Kier alpha value is -1.83. The summed E-state index contributed by atoms with van der Waals surface area (Å²) in [6, 6.07) is 6.93. The van der Waals surface area contributed by atoms with E-state index in [2.05, 4.69) is 0 Å². The summed E-state index contributed by atoms with van der Waals surface area (Å²) < 4.78 is 10.5. The molecule has 26 heavy (non-hydrogen) atoms. The van der Waals surface area contributed by atoms with Crippen LogP contribution in [0.2, 0.25) is 0 Å². The number of aliphatic hydroxyl groups is 1. The molecule has 0 saturated carbocycles. The minimum atomic E-state index is -0.885. The van der Waals surface area contributed by atoms with E-state index in [-0.39, 0.29) is 24.9 Å². The second kappa shape index (κ2) is 8.70. The molecule has 1 fully saturated rings. The van der Waals surface area contributed by atoms with Gasteiger partial charge in [-0.25, -0.2) is 4.79 Å². The van der Waals surface area contributed by atoms with Crippen molar-refractivity contribution in [3.63, 3.8) is 0 Å². The third kappa shape index (κ3) is 5.59. The maximum Gasteiger partial charge on any atom is 0.414 e. The SMILES string of the molecule is CC(C)(C)OC(=O)N(CC(O)CCl)c1ccc(N2CCOCC2=O)cc1. The number of alkyl halides is 1. The van der Waals surface area contributed by atoms with Gasteiger partial charge in [0.05, 0.1) is 25.1 Å². The lowest BCUT2D eigenvalue weighted by molar-refractivity contribution is -0.125. The third-order valence-electron chi connectivity index (χ3n) is 3.64. The Morgan fingerprint density at radius 3 is 2.58 bits per heavy atom. The van der Waals surface area contributed by atoms with Crippen LogP contribution in [-0.2, 0) is 14.3 Å². The number of morpholine rings is 1. The molecule has 0 aromatic heterocycles. The number of carbonyl (C=O) groups is 2. The number of anilines is 2. The Morgan fingerprint density at radius 2 is 2.04 bits per heavy atom. The fourth-order valence-electron chi connectivity index (χ4n) is 2.47. The number of amides is 2. The van der Waals surface area contributed by atoms with E-state index in [1.54, 1.807) is 49.9 Å². The molecule has 7 nitrogen and oxygen atoms in total. The average Bonchev–Trinajstić information content (AvgIpc) is 2.58. The van der Waals surface area contributed by atoms with Gasteiger partial charge in [0.1, 0.15) is 12.2 Å². The highest BCUT2D eigenvalue weighted by atomic mass is 35.5. The molecule has 1 heterocycles. The lowest BCUT2D eigenvalue weighted by Gasteiger charge is -2.30. The summed E-state index contributed by atoms with van der Waals surface area (Å²) in [6.07, 6.45) is -1.46. The van der Waals surface area contributed by atoms with Crippen molar-refractivity contribution in [2.45, 2.75) is 32.5 Å². The number of hydrogen-bond acceptors (Lipinski definition) is 5. The van der Waals surface area contributed by atoms with Crippen molar-refractivity contribution in [1.82, 2.24) is 0 Å². The molecule has 1 aromatic carbocycles. The van der Waals surface area contributed by atoms with Gasteiger partial charge in [-0.1, -0.05) is 0 Å². The number of carbonyl (C=O) groups excluding carboxylic acids is 2. The lowest BCUT2D eigenvalue weighted by atomic mass is 10.2. The molecule has 1 aliphatic heterocycles. The average molecular weight is 385 g/mol.